The number of methoxy groups -OCH3 is 1. The molecule has 2 N–H and O–H groups in total. The van der Waals surface area contributed by atoms with Gasteiger partial charge < -0.3 is 15.4 Å². The number of anilines is 2. The maximum Gasteiger partial charge on any atom is 0.243 e. The number of rotatable bonds is 5. The van der Waals surface area contributed by atoms with E-state index in [1.807, 2.05) is 0 Å². The highest BCUT2D eigenvalue weighted by Gasteiger charge is 2.05. The van der Waals surface area contributed by atoms with Crippen LogP contribution in [-0.4, -0.2) is 19.6 Å². The first-order chi connectivity index (χ1) is 10.1. The van der Waals surface area contributed by atoms with Gasteiger partial charge in [0.05, 0.1) is 13.7 Å². The van der Waals surface area contributed by atoms with Crippen molar-refractivity contribution in [2.75, 3.05) is 24.3 Å². The molecule has 0 heterocycles. The van der Waals surface area contributed by atoms with Gasteiger partial charge in [0.15, 0.2) is 0 Å². The summed E-state index contributed by atoms with van der Waals surface area (Å²) in [5.41, 5.74) is 1.07. The first-order valence-electron chi connectivity index (χ1n) is 6.20. The van der Waals surface area contributed by atoms with Gasteiger partial charge in [-0.2, -0.15) is 0 Å². The van der Waals surface area contributed by atoms with Gasteiger partial charge in [0.2, 0.25) is 5.91 Å². The number of amides is 1. The van der Waals surface area contributed by atoms with Gasteiger partial charge in [0.1, 0.15) is 11.6 Å². The minimum atomic E-state index is -0.460. The van der Waals surface area contributed by atoms with E-state index in [0.29, 0.717) is 17.1 Å². The van der Waals surface area contributed by atoms with E-state index in [-0.39, 0.29) is 17.5 Å². The van der Waals surface area contributed by atoms with E-state index in [0.717, 1.165) is 0 Å². The molecule has 110 valence electrons. The van der Waals surface area contributed by atoms with Crippen LogP contribution in [0.25, 0.3) is 0 Å². The quantitative estimate of drug-likeness (QED) is 0.888. The maximum atomic E-state index is 13.1. The predicted octanol–water partition coefficient (Wildman–Crippen LogP) is 3.54. The molecule has 0 aromatic heterocycles. The summed E-state index contributed by atoms with van der Waals surface area (Å²) in [5.74, 6) is -0.0699. The summed E-state index contributed by atoms with van der Waals surface area (Å²) in [7, 11) is 1.55. The smallest absolute Gasteiger partial charge is 0.243 e. The van der Waals surface area contributed by atoms with Crippen LogP contribution in [0.5, 0.6) is 5.75 Å². The Labute approximate surface area is 126 Å². The molecule has 6 heteroatoms. The van der Waals surface area contributed by atoms with E-state index in [9.17, 15) is 9.18 Å². The summed E-state index contributed by atoms with van der Waals surface area (Å²) in [6.07, 6.45) is 0. The number of carbonyl (C=O) groups is 1. The Hall–Kier alpha value is -2.27. The van der Waals surface area contributed by atoms with Crippen molar-refractivity contribution < 1.29 is 13.9 Å². The van der Waals surface area contributed by atoms with E-state index in [1.165, 1.54) is 12.1 Å². The Morgan fingerprint density at radius 3 is 2.76 bits per heavy atom. The second-order valence-electron chi connectivity index (χ2n) is 4.29. The lowest BCUT2D eigenvalue weighted by atomic mass is 10.3. The molecular formula is C15H14ClFN2O2. The van der Waals surface area contributed by atoms with Gasteiger partial charge in [-0.3, -0.25) is 4.79 Å². The van der Waals surface area contributed by atoms with Crippen molar-refractivity contribution in [3.05, 3.63) is 53.3 Å². The van der Waals surface area contributed by atoms with Gasteiger partial charge in [-0.25, -0.2) is 4.39 Å². The molecule has 2 rings (SSSR count). The third kappa shape index (κ3) is 4.65. The molecule has 1 amide bonds. The zero-order valence-corrected chi connectivity index (χ0v) is 12.1. The first kappa shape index (κ1) is 15.1. The standard InChI is InChI=1S/C15H14ClFN2O2/c1-21-14-4-2-3-12(8-14)19-15(20)9-18-13-6-10(16)5-11(17)7-13/h2-8,18H,9H2,1H3,(H,19,20). The molecule has 0 bridgehead atoms. The predicted molar refractivity (Wildman–Crippen MR) is 81.5 cm³/mol. The van der Waals surface area contributed by atoms with Crippen molar-refractivity contribution in [1.29, 1.82) is 0 Å². The Morgan fingerprint density at radius 1 is 1.24 bits per heavy atom. The number of hydrogen-bond acceptors (Lipinski definition) is 3. The topological polar surface area (TPSA) is 50.4 Å². The molecule has 0 aliphatic rings. The summed E-state index contributed by atoms with van der Waals surface area (Å²) >= 11 is 5.73. The number of ether oxygens (including phenoxy) is 1. The molecule has 0 spiro atoms. The number of nitrogens with one attached hydrogen (secondary N) is 2. The molecule has 0 aliphatic heterocycles. The minimum Gasteiger partial charge on any atom is -0.497 e. The molecule has 0 radical (unpaired) electrons. The number of carbonyl (C=O) groups excluding carboxylic acids is 1. The molecule has 0 fully saturated rings. The largest absolute Gasteiger partial charge is 0.497 e. The minimum absolute atomic E-state index is 0.00298. The van der Waals surface area contributed by atoms with Crippen LogP contribution in [0.1, 0.15) is 0 Å². The summed E-state index contributed by atoms with van der Waals surface area (Å²) < 4.78 is 18.2. The van der Waals surface area contributed by atoms with Gasteiger partial charge in [0.25, 0.3) is 0 Å². The van der Waals surface area contributed by atoms with Gasteiger partial charge in [-0.15, -0.1) is 0 Å². The summed E-state index contributed by atoms with van der Waals surface area (Å²) in [6.45, 7) is -0.00298. The van der Waals surface area contributed by atoms with E-state index < -0.39 is 5.82 Å². The van der Waals surface area contributed by atoms with Crippen molar-refractivity contribution in [3.63, 3.8) is 0 Å². The zero-order valence-electron chi connectivity index (χ0n) is 11.3. The highest BCUT2D eigenvalue weighted by Crippen LogP contribution is 2.18. The Kier molecular flexibility index (Phi) is 5.00. The highest BCUT2D eigenvalue weighted by atomic mass is 35.5. The van der Waals surface area contributed by atoms with Crippen LogP contribution in [0.2, 0.25) is 5.02 Å². The molecule has 0 unspecified atom stereocenters. The van der Waals surface area contributed by atoms with Crippen LogP contribution >= 0.6 is 11.6 Å². The molecule has 0 atom stereocenters. The van der Waals surface area contributed by atoms with Crippen molar-refractivity contribution in [3.8, 4) is 5.75 Å². The van der Waals surface area contributed by atoms with Gasteiger partial charge in [-0.1, -0.05) is 17.7 Å². The maximum absolute atomic E-state index is 13.1. The lowest BCUT2D eigenvalue weighted by Crippen LogP contribution is -2.21. The second-order valence-corrected chi connectivity index (χ2v) is 4.73. The molecule has 21 heavy (non-hydrogen) atoms. The number of benzene rings is 2. The Bertz CT molecular complexity index is 629. The molecule has 2 aromatic carbocycles. The van der Waals surface area contributed by atoms with Gasteiger partial charge in [-0.05, 0) is 30.3 Å². The van der Waals surface area contributed by atoms with Crippen molar-refractivity contribution in [2.24, 2.45) is 0 Å². The second kappa shape index (κ2) is 6.95. The molecule has 2 aromatic rings. The van der Waals surface area contributed by atoms with Crippen molar-refractivity contribution >= 4 is 28.9 Å². The van der Waals surface area contributed by atoms with Crippen LogP contribution in [0, 0.1) is 5.82 Å². The fraction of sp³-hybridized carbons (Fsp3) is 0.133. The van der Waals surface area contributed by atoms with E-state index >= 15 is 0 Å². The molecule has 4 nitrogen and oxygen atoms in total. The fourth-order valence-corrected chi connectivity index (χ4v) is 1.97. The molecule has 0 saturated carbocycles. The number of hydrogen-bond donors (Lipinski definition) is 2. The summed E-state index contributed by atoms with van der Waals surface area (Å²) in [6, 6.07) is 11.0. The zero-order chi connectivity index (χ0) is 15.2. The Balaban J connectivity index is 1.92. The monoisotopic (exact) mass is 308 g/mol. The summed E-state index contributed by atoms with van der Waals surface area (Å²) in [5, 5.41) is 5.78. The lowest BCUT2D eigenvalue weighted by molar-refractivity contribution is -0.114. The van der Waals surface area contributed by atoms with E-state index in [4.69, 9.17) is 16.3 Å². The number of halogens is 2. The lowest BCUT2D eigenvalue weighted by Gasteiger charge is -2.09. The van der Waals surface area contributed by atoms with E-state index in [1.54, 1.807) is 37.4 Å². The fourth-order valence-electron chi connectivity index (χ4n) is 1.74. The average Bonchev–Trinajstić information content (AvgIpc) is 2.44. The SMILES string of the molecule is COc1cccc(NC(=O)CNc2cc(F)cc(Cl)c2)c1. The van der Waals surface area contributed by atoms with E-state index in [2.05, 4.69) is 10.6 Å². The van der Waals surface area contributed by atoms with Crippen LogP contribution in [0.3, 0.4) is 0 Å². The highest BCUT2D eigenvalue weighted by molar-refractivity contribution is 6.30. The molecular weight excluding hydrogens is 295 g/mol. The van der Waals surface area contributed by atoms with Gasteiger partial charge >= 0.3 is 0 Å². The molecule has 0 saturated heterocycles. The summed E-state index contributed by atoms with van der Waals surface area (Å²) in [4.78, 5) is 11.8. The van der Waals surface area contributed by atoms with Crippen LogP contribution in [-0.2, 0) is 4.79 Å². The van der Waals surface area contributed by atoms with Crippen LogP contribution in [0.4, 0.5) is 15.8 Å². The first-order valence-corrected chi connectivity index (χ1v) is 6.58. The third-order valence-electron chi connectivity index (χ3n) is 2.67. The molecule has 0 aliphatic carbocycles. The third-order valence-corrected chi connectivity index (χ3v) is 2.89. The normalized spacial score (nSPS) is 10.0. The van der Waals surface area contributed by atoms with Crippen LogP contribution in [0.15, 0.2) is 42.5 Å². The van der Waals surface area contributed by atoms with Gasteiger partial charge in [0, 0.05) is 22.5 Å². The van der Waals surface area contributed by atoms with Crippen molar-refractivity contribution in [1.82, 2.24) is 0 Å². The Morgan fingerprint density at radius 2 is 2.05 bits per heavy atom. The van der Waals surface area contributed by atoms with Crippen LogP contribution < -0.4 is 15.4 Å². The average molecular weight is 309 g/mol. The van der Waals surface area contributed by atoms with Crippen molar-refractivity contribution in [2.45, 2.75) is 0 Å².